The van der Waals surface area contributed by atoms with Crippen LogP contribution in [0.25, 0.3) is 0 Å². The maximum Gasteiger partial charge on any atom is 0.293 e. The van der Waals surface area contributed by atoms with Crippen LogP contribution in [0.1, 0.15) is 33.9 Å². The predicted molar refractivity (Wildman–Crippen MR) is 139 cm³/mol. The van der Waals surface area contributed by atoms with Crippen LogP contribution < -0.4 is 15.4 Å². The fourth-order valence-electron chi connectivity index (χ4n) is 4.05. The van der Waals surface area contributed by atoms with Gasteiger partial charge in [-0.1, -0.05) is 36.1 Å². The molecule has 4 rings (SSSR count). The summed E-state index contributed by atoms with van der Waals surface area (Å²) in [6.07, 6.45) is 1.47. The zero-order valence-electron chi connectivity index (χ0n) is 20.2. The Bertz CT molecular complexity index is 1420. The van der Waals surface area contributed by atoms with Gasteiger partial charge in [0.05, 0.1) is 25.2 Å². The second-order valence-corrected chi connectivity index (χ2v) is 10.2. The molecule has 1 aliphatic rings. The molecule has 1 saturated heterocycles. The van der Waals surface area contributed by atoms with Crippen LogP contribution in [-0.4, -0.2) is 61.2 Å². The van der Waals surface area contributed by atoms with Gasteiger partial charge >= 0.3 is 0 Å². The van der Waals surface area contributed by atoms with Crippen molar-refractivity contribution in [3.8, 4) is 17.6 Å². The smallest absolute Gasteiger partial charge is 0.293 e. The molecule has 194 valence electrons. The molecule has 0 radical (unpaired) electrons. The fourth-order valence-corrected chi connectivity index (χ4v) is 4.48. The van der Waals surface area contributed by atoms with E-state index in [0.29, 0.717) is 6.42 Å². The number of ether oxygens (including phenoxy) is 1. The van der Waals surface area contributed by atoms with Crippen molar-refractivity contribution in [2.75, 3.05) is 32.8 Å². The molecule has 10 nitrogen and oxygen atoms in total. The van der Waals surface area contributed by atoms with Gasteiger partial charge in [-0.05, 0) is 41.8 Å². The van der Waals surface area contributed by atoms with Crippen LogP contribution >= 0.6 is 0 Å². The van der Waals surface area contributed by atoms with Gasteiger partial charge in [-0.25, -0.2) is 14.8 Å². The molecule has 0 aliphatic carbocycles. The van der Waals surface area contributed by atoms with E-state index in [4.69, 9.17) is 9.88 Å². The average molecular weight is 524 g/mol. The lowest BCUT2D eigenvalue weighted by atomic mass is 9.95. The summed E-state index contributed by atoms with van der Waals surface area (Å²) in [5, 5.41) is 15.2. The van der Waals surface area contributed by atoms with Gasteiger partial charge in [0.2, 0.25) is 5.75 Å². The lowest BCUT2D eigenvalue weighted by Gasteiger charge is -2.26. The van der Waals surface area contributed by atoms with Gasteiger partial charge in [-0.2, -0.15) is 8.42 Å². The molecular formula is C26H29N5O5S. The van der Waals surface area contributed by atoms with E-state index in [1.807, 2.05) is 36.4 Å². The molecule has 0 saturated carbocycles. The number of aromatic nitrogens is 2. The van der Waals surface area contributed by atoms with E-state index in [-0.39, 0.29) is 12.2 Å². The molecular weight excluding hydrogens is 494 g/mol. The zero-order chi connectivity index (χ0) is 26.3. The normalized spacial score (nSPS) is 15.1. The van der Waals surface area contributed by atoms with Crippen molar-refractivity contribution < 1.29 is 18.3 Å². The largest absolute Gasteiger partial charge is 0.502 e. The van der Waals surface area contributed by atoms with Crippen molar-refractivity contribution in [2.24, 2.45) is 5.14 Å². The monoisotopic (exact) mass is 523 g/mol. The van der Waals surface area contributed by atoms with Crippen molar-refractivity contribution in [1.82, 2.24) is 19.6 Å². The number of rotatable bonds is 8. The van der Waals surface area contributed by atoms with Gasteiger partial charge in [-0.15, -0.1) is 0 Å². The zero-order valence-corrected chi connectivity index (χ0v) is 21.0. The van der Waals surface area contributed by atoms with E-state index in [0.717, 1.165) is 55.9 Å². The Morgan fingerprint density at radius 2 is 1.65 bits per heavy atom. The summed E-state index contributed by atoms with van der Waals surface area (Å²) < 4.78 is 30.4. The highest BCUT2D eigenvalue weighted by Crippen LogP contribution is 2.24. The third kappa shape index (κ3) is 7.98. The fraction of sp³-hybridized carbons (Fsp3) is 0.308. The van der Waals surface area contributed by atoms with Gasteiger partial charge in [0.1, 0.15) is 0 Å². The summed E-state index contributed by atoms with van der Waals surface area (Å²) in [7, 11) is -3.96. The Hall–Kier alpha value is -3.53. The van der Waals surface area contributed by atoms with Gasteiger partial charge in [0.15, 0.2) is 0 Å². The molecule has 37 heavy (non-hydrogen) atoms. The van der Waals surface area contributed by atoms with Gasteiger partial charge in [-0.3, -0.25) is 9.69 Å². The minimum atomic E-state index is -3.96. The highest BCUT2D eigenvalue weighted by atomic mass is 32.2. The Morgan fingerprint density at radius 3 is 2.24 bits per heavy atom. The molecule has 5 N–H and O–H groups in total. The number of nitrogens with zero attached hydrogens (tertiary/aromatic N) is 2. The van der Waals surface area contributed by atoms with Gasteiger partial charge in [0.25, 0.3) is 15.8 Å². The van der Waals surface area contributed by atoms with Crippen LogP contribution in [0.15, 0.2) is 59.7 Å². The van der Waals surface area contributed by atoms with E-state index >= 15 is 0 Å². The van der Waals surface area contributed by atoms with E-state index in [1.54, 1.807) is 0 Å². The number of hydrogen-bond acceptors (Lipinski definition) is 7. The van der Waals surface area contributed by atoms with Crippen molar-refractivity contribution in [2.45, 2.75) is 18.9 Å². The Morgan fingerprint density at radius 1 is 1.05 bits per heavy atom. The topological polar surface area (TPSA) is 151 Å². The van der Waals surface area contributed by atoms with Crippen LogP contribution in [-0.2, 0) is 27.9 Å². The molecule has 2 heterocycles. The summed E-state index contributed by atoms with van der Waals surface area (Å²) >= 11 is 0. The molecule has 0 spiro atoms. The lowest BCUT2D eigenvalue weighted by molar-refractivity contribution is 0.0342. The van der Waals surface area contributed by atoms with Crippen LogP contribution in [0.3, 0.4) is 0 Å². The molecule has 3 aromatic rings. The Balaban J connectivity index is 1.42. The van der Waals surface area contributed by atoms with E-state index in [2.05, 4.69) is 43.6 Å². The Kier molecular flexibility index (Phi) is 8.70. The summed E-state index contributed by atoms with van der Waals surface area (Å²) in [6, 6.07) is 15.7. The maximum atomic E-state index is 11.8. The summed E-state index contributed by atoms with van der Waals surface area (Å²) in [5.74, 6) is 5.16. The molecule has 1 fully saturated rings. The first-order chi connectivity index (χ1) is 17.8. The quantitative estimate of drug-likeness (QED) is 0.319. The SMILES string of the molecule is NS(=O)(=O)NCC(Cc1ccc(C#Cc2ccc(CN3CCOCC3)cc2)cc1)c1nc[nH]c(=O)c1O. The minimum absolute atomic E-state index is 0.0841. The highest BCUT2D eigenvalue weighted by molar-refractivity contribution is 7.87. The van der Waals surface area contributed by atoms with E-state index < -0.39 is 27.4 Å². The van der Waals surface area contributed by atoms with Crippen molar-refractivity contribution in [3.05, 3.63) is 93.2 Å². The number of nitrogens with one attached hydrogen (secondary N) is 2. The first-order valence-electron chi connectivity index (χ1n) is 11.8. The second kappa shape index (κ2) is 12.1. The minimum Gasteiger partial charge on any atom is -0.502 e. The molecule has 0 amide bonds. The number of H-pyrrole nitrogens is 1. The highest BCUT2D eigenvalue weighted by Gasteiger charge is 2.21. The van der Waals surface area contributed by atoms with E-state index in [9.17, 15) is 18.3 Å². The second-order valence-electron chi connectivity index (χ2n) is 8.79. The molecule has 1 aromatic heterocycles. The van der Waals surface area contributed by atoms with Crippen molar-refractivity contribution >= 4 is 10.2 Å². The van der Waals surface area contributed by atoms with Crippen LogP contribution in [0, 0.1) is 11.8 Å². The van der Waals surface area contributed by atoms with Crippen molar-refractivity contribution in [1.29, 1.82) is 0 Å². The standard InChI is InChI=1S/C26H29N5O5S/c27-37(34,35)30-16-23(24-25(32)26(33)29-18-28-24)15-21-7-3-19(4-8-21)1-2-20-5-9-22(10-6-20)17-31-11-13-36-14-12-31/h3-10,18,23,30,32H,11-17H2,(H2,27,34,35)(H,28,29,33). The first kappa shape index (κ1) is 26.5. The number of hydrogen-bond donors (Lipinski definition) is 4. The lowest BCUT2D eigenvalue weighted by Crippen LogP contribution is -2.35. The molecule has 1 atom stereocenters. The number of morpholine rings is 1. The number of nitrogens with two attached hydrogens (primary N) is 1. The van der Waals surface area contributed by atoms with Crippen LogP contribution in [0.5, 0.6) is 5.75 Å². The maximum absolute atomic E-state index is 11.8. The molecule has 2 aromatic carbocycles. The number of aromatic amines is 1. The molecule has 1 unspecified atom stereocenters. The number of benzene rings is 2. The van der Waals surface area contributed by atoms with Crippen LogP contribution in [0.2, 0.25) is 0 Å². The summed E-state index contributed by atoms with van der Waals surface area (Å²) in [5.41, 5.74) is 3.20. The molecule has 1 aliphatic heterocycles. The third-order valence-electron chi connectivity index (χ3n) is 6.03. The van der Waals surface area contributed by atoms with E-state index in [1.165, 1.54) is 5.56 Å². The molecule has 0 bridgehead atoms. The third-order valence-corrected chi connectivity index (χ3v) is 6.59. The van der Waals surface area contributed by atoms with Gasteiger partial charge < -0.3 is 14.8 Å². The Labute approximate surface area is 215 Å². The summed E-state index contributed by atoms with van der Waals surface area (Å²) in [6.45, 7) is 4.22. The summed E-state index contributed by atoms with van der Waals surface area (Å²) in [4.78, 5) is 20.5. The average Bonchev–Trinajstić information content (AvgIpc) is 2.89. The van der Waals surface area contributed by atoms with Crippen molar-refractivity contribution in [3.63, 3.8) is 0 Å². The number of aromatic hydroxyl groups is 1. The molecule has 11 heteroatoms. The van der Waals surface area contributed by atoms with Crippen LogP contribution in [0.4, 0.5) is 0 Å². The predicted octanol–water partition coefficient (Wildman–Crippen LogP) is 0.827. The first-order valence-corrected chi connectivity index (χ1v) is 13.4. The van der Waals surface area contributed by atoms with Gasteiger partial charge in [0, 0.05) is 43.2 Å².